The topological polar surface area (TPSA) is 79.1 Å². The number of aryl methyl sites for hydroxylation is 1. The standard InChI is InChI=1S/C29H28N2O5S/c1-6-15-36-22-14-11-20(16-23(22)34-7-2)17-24-27(32)31-26(21-12-9-18(4)10-13-21)25(28(33)35-8-3)19(5)30-29(31)37-24/h1,9-14,16-17,26H,7-8,15H2,2-5H3/b24-17+/t26-/m1/s1. The normalized spacial score (nSPS) is 15.0. The van der Waals surface area contributed by atoms with Gasteiger partial charge in [0.05, 0.1) is 35.1 Å². The van der Waals surface area contributed by atoms with E-state index in [1.54, 1.807) is 36.6 Å². The molecule has 7 nitrogen and oxygen atoms in total. The number of allylic oxidation sites excluding steroid dienone is 1. The summed E-state index contributed by atoms with van der Waals surface area (Å²) in [6.45, 7) is 8.19. The summed E-state index contributed by atoms with van der Waals surface area (Å²) in [6, 6.07) is 12.5. The van der Waals surface area contributed by atoms with Crippen LogP contribution in [-0.4, -0.2) is 30.4 Å². The van der Waals surface area contributed by atoms with Crippen LogP contribution in [0.4, 0.5) is 0 Å². The first-order chi connectivity index (χ1) is 17.9. The van der Waals surface area contributed by atoms with Crippen molar-refractivity contribution in [3.8, 4) is 23.8 Å². The van der Waals surface area contributed by atoms with Crippen molar-refractivity contribution in [2.24, 2.45) is 4.99 Å². The van der Waals surface area contributed by atoms with Gasteiger partial charge in [-0.1, -0.05) is 53.2 Å². The van der Waals surface area contributed by atoms with E-state index in [0.717, 1.165) is 16.7 Å². The van der Waals surface area contributed by atoms with Crippen molar-refractivity contribution >= 4 is 23.4 Å². The zero-order valence-electron chi connectivity index (χ0n) is 21.2. The minimum Gasteiger partial charge on any atom is -0.490 e. The van der Waals surface area contributed by atoms with E-state index < -0.39 is 12.0 Å². The largest absolute Gasteiger partial charge is 0.490 e. The number of aromatic nitrogens is 1. The molecule has 0 amide bonds. The minimum atomic E-state index is -0.642. The van der Waals surface area contributed by atoms with E-state index in [1.807, 2.05) is 44.2 Å². The van der Waals surface area contributed by atoms with Crippen LogP contribution in [0.2, 0.25) is 0 Å². The van der Waals surface area contributed by atoms with Gasteiger partial charge in [-0.3, -0.25) is 9.36 Å². The van der Waals surface area contributed by atoms with Crippen molar-refractivity contribution in [3.05, 3.63) is 90.1 Å². The van der Waals surface area contributed by atoms with Gasteiger partial charge < -0.3 is 14.2 Å². The first-order valence-corrected chi connectivity index (χ1v) is 12.8. The lowest BCUT2D eigenvalue weighted by Gasteiger charge is -2.24. The molecular formula is C29H28N2O5S. The van der Waals surface area contributed by atoms with E-state index in [9.17, 15) is 9.59 Å². The lowest BCUT2D eigenvalue weighted by molar-refractivity contribution is -0.139. The van der Waals surface area contributed by atoms with E-state index in [4.69, 9.17) is 20.6 Å². The molecule has 0 spiro atoms. The van der Waals surface area contributed by atoms with E-state index in [1.165, 1.54) is 11.3 Å². The summed E-state index contributed by atoms with van der Waals surface area (Å²) in [5.74, 6) is 3.04. The Hall–Kier alpha value is -4.09. The average molecular weight is 517 g/mol. The molecule has 0 saturated heterocycles. The van der Waals surface area contributed by atoms with Crippen LogP contribution in [0.3, 0.4) is 0 Å². The number of ether oxygens (including phenoxy) is 3. The molecule has 2 heterocycles. The Bertz CT molecular complexity index is 1570. The molecule has 3 aromatic rings. The fourth-order valence-electron chi connectivity index (χ4n) is 4.13. The number of benzene rings is 2. The van der Waals surface area contributed by atoms with Crippen molar-refractivity contribution in [2.45, 2.75) is 33.7 Å². The molecule has 0 unspecified atom stereocenters. The van der Waals surface area contributed by atoms with Crippen LogP contribution in [0.1, 0.15) is 43.5 Å². The number of rotatable bonds is 8. The molecular weight excluding hydrogens is 488 g/mol. The van der Waals surface area contributed by atoms with Gasteiger partial charge in [0.1, 0.15) is 6.61 Å². The number of fused-ring (bicyclic) bond motifs is 1. The van der Waals surface area contributed by atoms with Gasteiger partial charge in [-0.15, -0.1) is 6.42 Å². The van der Waals surface area contributed by atoms with Gasteiger partial charge in [0.25, 0.3) is 5.56 Å². The Labute approximate surface area is 219 Å². The maximum Gasteiger partial charge on any atom is 0.338 e. The highest BCUT2D eigenvalue weighted by molar-refractivity contribution is 7.07. The third kappa shape index (κ3) is 5.37. The average Bonchev–Trinajstić information content (AvgIpc) is 3.17. The van der Waals surface area contributed by atoms with Crippen LogP contribution in [0.15, 0.2) is 63.5 Å². The summed E-state index contributed by atoms with van der Waals surface area (Å²) in [7, 11) is 0. The second kappa shape index (κ2) is 11.3. The third-order valence-corrected chi connectivity index (χ3v) is 6.77. The molecule has 0 N–H and O–H groups in total. The lowest BCUT2D eigenvalue weighted by Crippen LogP contribution is -2.39. The number of nitrogens with zero attached hydrogens (tertiary/aromatic N) is 2. The SMILES string of the molecule is C#CCOc1ccc(/C=c2/sc3n(c2=O)[C@H](c2ccc(C)cc2)C(C(=O)OCC)=C(C)N=3)cc1OCC. The zero-order chi connectivity index (χ0) is 26.5. The van der Waals surface area contributed by atoms with Gasteiger partial charge in [0.15, 0.2) is 16.3 Å². The number of thiazole rings is 1. The predicted octanol–water partition coefficient (Wildman–Crippen LogP) is 3.52. The number of terminal acetylenes is 1. The highest BCUT2D eigenvalue weighted by Gasteiger charge is 2.33. The van der Waals surface area contributed by atoms with E-state index in [0.29, 0.717) is 38.7 Å². The Morgan fingerprint density at radius 1 is 1.11 bits per heavy atom. The summed E-state index contributed by atoms with van der Waals surface area (Å²) in [4.78, 5) is 31.9. The number of hydrogen-bond acceptors (Lipinski definition) is 7. The molecule has 0 bridgehead atoms. The summed E-state index contributed by atoms with van der Waals surface area (Å²) in [5, 5.41) is 0. The van der Waals surface area contributed by atoms with Gasteiger partial charge >= 0.3 is 5.97 Å². The minimum absolute atomic E-state index is 0.124. The number of hydrogen-bond donors (Lipinski definition) is 0. The summed E-state index contributed by atoms with van der Waals surface area (Å²) >= 11 is 1.27. The van der Waals surface area contributed by atoms with Gasteiger partial charge in [0, 0.05) is 0 Å². The molecule has 8 heteroatoms. The molecule has 0 radical (unpaired) electrons. The molecule has 0 fully saturated rings. The fraction of sp³-hybridized carbons (Fsp3) is 0.276. The number of carbonyl (C=O) groups is 1. The molecule has 0 saturated carbocycles. The summed E-state index contributed by atoms with van der Waals surface area (Å²) < 4.78 is 18.7. The summed E-state index contributed by atoms with van der Waals surface area (Å²) in [5.41, 5.74) is 3.30. The molecule has 1 aliphatic rings. The van der Waals surface area contributed by atoms with Crippen molar-refractivity contribution < 1.29 is 19.0 Å². The van der Waals surface area contributed by atoms with Crippen LogP contribution < -0.4 is 24.4 Å². The second-order valence-corrected chi connectivity index (χ2v) is 9.35. The maximum absolute atomic E-state index is 13.7. The number of esters is 1. The summed E-state index contributed by atoms with van der Waals surface area (Å²) in [6.07, 6.45) is 7.10. The highest BCUT2D eigenvalue weighted by atomic mass is 32.1. The lowest BCUT2D eigenvalue weighted by atomic mass is 9.95. The molecule has 1 aliphatic heterocycles. The quantitative estimate of drug-likeness (QED) is 0.338. The molecule has 0 aliphatic carbocycles. The van der Waals surface area contributed by atoms with Crippen LogP contribution in [0.5, 0.6) is 11.5 Å². The van der Waals surface area contributed by atoms with Gasteiger partial charge in [-0.25, -0.2) is 9.79 Å². The Kier molecular flexibility index (Phi) is 7.95. The van der Waals surface area contributed by atoms with Crippen LogP contribution in [0, 0.1) is 19.3 Å². The Morgan fingerprint density at radius 2 is 1.86 bits per heavy atom. The molecule has 2 aromatic carbocycles. The van der Waals surface area contributed by atoms with Crippen LogP contribution in [-0.2, 0) is 9.53 Å². The zero-order valence-corrected chi connectivity index (χ0v) is 22.1. The first-order valence-electron chi connectivity index (χ1n) is 12.0. The van der Waals surface area contributed by atoms with Gasteiger partial charge in [-0.05, 0) is 57.0 Å². The van der Waals surface area contributed by atoms with E-state index in [2.05, 4.69) is 10.9 Å². The third-order valence-electron chi connectivity index (χ3n) is 5.79. The molecule has 37 heavy (non-hydrogen) atoms. The van der Waals surface area contributed by atoms with Crippen molar-refractivity contribution in [3.63, 3.8) is 0 Å². The molecule has 1 aromatic heterocycles. The van der Waals surface area contributed by atoms with Crippen molar-refractivity contribution in [1.82, 2.24) is 4.57 Å². The maximum atomic E-state index is 13.7. The molecule has 4 rings (SSSR count). The van der Waals surface area contributed by atoms with Gasteiger partial charge in [-0.2, -0.15) is 0 Å². The number of carbonyl (C=O) groups excluding carboxylic acids is 1. The highest BCUT2D eigenvalue weighted by Crippen LogP contribution is 2.31. The fourth-order valence-corrected chi connectivity index (χ4v) is 5.18. The van der Waals surface area contributed by atoms with Crippen molar-refractivity contribution in [1.29, 1.82) is 0 Å². The molecule has 1 atom stereocenters. The monoisotopic (exact) mass is 516 g/mol. The Balaban J connectivity index is 1.87. The predicted molar refractivity (Wildman–Crippen MR) is 144 cm³/mol. The van der Waals surface area contributed by atoms with Crippen LogP contribution in [0.25, 0.3) is 6.08 Å². The Morgan fingerprint density at radius 3 is 2.54 bits per heavy atom. The van der Waals surface area contributed by atoms with E-state index >= 15 is 0 Å². The molecule has 190 valence electrons. The smallest absolute Gasteiger partial charge is 0.338 e. The van der Waals surface area contributed by atoms with Crippen molar-refractivity contribution in [2.75, 3.05) is 19.8 Å². The first kappa shape index (κ1) is 26.0. The van der Waals surface area contributed by atoms with Gasteiger partial charge in [0.2, 0.25) is 0 Å². The van der Waals surface area contributed by atoms with E-state index in [-0.39, 0.29) is 18.8 Å². The van der Waals surface area contributed by atoms with Crippen LogP contribution >= 0.6 is 11.3 Å². The second-order valence-electron chi connectivity index (χ2n) is 8.34.